The Balaban J connectivity index is 1.24. The predicted molar refractivity (Wildman–Crippen MR) is 149 cm³/mol. The fourth-order valence-corrected chi connectivity index (χ4v) is 4.35. The number of amides is 1. The number of rotatable bonds is 9. The van der Waals surface area contributed by atoms with E-state index in [1.165, 1.54) is 11.8 Å². The molecule has 8 nitrogen and oxygen atoms in total. The molecule has 0 saturated carbocycles. The first-order chi connectivity index (χ1) is 18.7. The van der Waals surface area contributed by atoms with Gasteiger partial charge in [-0.2, -0.15) is 5.10 Å². The number of benzene rings is 3. The second kappa shape index (κ2) is 12.0. The molecule has 2 aromatic heterocycles. The molecule has 0 spiro atoms. The van der Waals surface area contributed by atoms with E-state index >= 15 is 0 Å². The van der Waals surface area contributed by atoms with Crippen LogP contribution >= 0.6 is 11.8 Å². The predicted octanol–water partition coefficient (Wildman–Crippen LogP) is 5.67. The summed E-state index contributed by atoms with van der Waals surface area (Å²) in [7, 11) is 0. The van der Waals surface area contributed by atoms with E-state index in [0.717, 1.165) is 28.1 Å². The summed E-state index contributed by atoms with van der Waals surface area (Å²) in [6, 6.07) is 28.8. The summed E-state index contributed by atoms with van der Waals surface area (Å²) in [6.07, 6.45) is 5.01. The first-order valence-corrected chi connectivity index (χ1v) is 12.8. The fraction of sp³-hybridized carbons (Fsp3) is 0.0690. The molecule has 0 unspecified atom stereocenters. The van der Waals surface area contributed by atoms with Crippen LogP contribution in [0.3, 0.4) is 0 Å². The van der Waals surface area contributed by atoms with Gasteiger partial charge >= 0.3 is 0 Å². The number of para-hydroxylation sites is 1. The second-order valence-electron chi connectivity index (χ2n) is 8.28. The van der Waals surface area contributed by atoms with Crippen molar-refractivity contribution >= 4 is 23.9 Å². The molecular weight excluding hydrogens is 496 g/mol. The number of nitrogens with one attached hydrogen (secondary N) is 1. The van der Waals surface area contributed by atoms with E-state index in [2.05, 4.69) is 25.7 Å². The molecule has 0 aliphatic heterocycles. The van der Waals surface area contributed by atoms with Crippen LogP contribution in [0.25, 0.3) is 17.1 Å². The van der Waals surface area contributed by atoms with E-state index in [1.54, 1.807) is 18.6 Å². The van der Waals surface area contributed by atoms with E-state index in [9.17, 15) is 4.79 Å². The van der Waals surface area contributed by atoms with Crippen LogP contribution in [0.5, 0.6) is 11.5 Å². The molecule has 5 aromatic rings. The number of hydrazone groups is 1. The molecule has 0 saturated heterocycles. The van der Waals surface area contributed by atoms with Crippen molar-refractivity contribution < 1.29 is 9.53 Å². The van der Waals surface area contributed by atoms with Crippen LogP contribution in [0.4, 0.5) is 0 Å². The van der Waals surface area contributed by atoms with E-state index < -0.39 is 0 Å². The van der Waals surface area contributed by atoms with Crippen LogP contribution < -0.4 is 10.2 Å². The zero-order valence-electron chi connectivity index (χ0n) is 20.6. The minimum atomic E-state index is -0.258. The van der Waals surface area contributed by atoms with Gasteiger partial charge in [-0.15, -0.1) is 10.2 Å². The summed E-state index contributed by atoms with van der Waals surface area (Å²) in [5, 5.41) is 13.5. The van der Waals surface area contributed by atoms with Crippen LogP contribution in [0, 0.1) is 6.92 Å². The number of ether oxygens (including phenoxy) is 1. The number of hydrogen-bond acceptors (Lipinski definition) is 7. The molecule has 0 aliphatic carbocycles. The van der Waals surface area contributed by atoms with Gasteiger partial charge in [-0.1, -0.05) is 59.8 Å². The minimum Gasteiger partial charge on any atom is -0.457 e. The first kappa shape index (κ1) is 24.9. The van der Waals surface area contributed by atoms with Gasteiger partial charge < -0.3 is 4.74 Å². The van der Waals surface area contributed by atoms with E-state index in [0.29, 0.717) is 16.7 Å². The van der Waals surface area contributed by atoms with Gasteiger partial charge in [0.2, 0.25) is 0 Å². The summed E-state index contributed by atoms with van der Waals surface area (Å²) in [4.78, 5) is 16.6. The maximum absolute atomic E-state index is 12.5. The maximum atomic E-state index is 12.5. The highest BCUT2D eigenvalue weighted by atomic mass is 32.2. The molecule has 2 heterocycles. The number of aromatic nitrogens is 4. The van der Waals surface area contributed by atoms with Crippen molar-refractivity contribution in [1.29, 1.82) is 0 Å². The van der Waals surface area contributed by atoms with Crippen LogP contribution in [0.15, 0.2) is 114 Å². The zero-order valence-corrected chi connectivity index (χ0v) is 21.4. The van der Waals surface area contributed by atoms with E-state index in [4.69, 9.17) is 4.74 Å². The normalized spacial score (nSPS) is 11.0. The minimum absolute atomic E-state index is 0.120. The molecule has 3 aromatic carbocycles. The van der Waals surface area contributed by atoms with Crippen LogP contribution in [-0.4, -0.2) is 37.6 Å². The van der Waals surface area contributed by atoms with Gasteiger partial charge in [0.05, 0.1) is 12.0 Å². The number of pyridine rings is 1. The standard InChI is InChI=1S/C29H24N6O2S/c1-21-10-12-24(13-11-21)35-28(23-14-16-30-17-15-23)33-34-29(35)38-20-27(36)32-31-19-22-6-5-9-26(18-22)37-25-7-3-2-4-8-25/h2-19H,20H2,1H3,(H,32,36)/b31-19+. The van der Waals surface area contributed by atoms with Crippen molar-refractivity contribution in [2.45, 2.75) is 12.1 Å². The van der Waals surface area contributed by atoms with Gasteiger partial charge in [0, 0.05) is 23.6 Å². The highest BCUT2D eigenvalue weighted by Gasteiger charge is 2.17. The zero-order chi connectivity index (χ0) is 26.2. The Morgan fingerprint density at radius 1 is 0.947 bits per heavy atom. The fourth-order valence-electron chi connectivity index (χ4n) is 3.60. The average molecular weight is 521 g/mol. The molecule has 1 N–H and O–H groups in total. The topological polar surface area (TPSA) is 94.3 Å². The Morgan fingerprint density at radius 2 is 1.71 bits per heavy atom. The molecule has 1 amide bonds. The monoisotopic (exact) mass is 520 g/mol. The third-order valence-electron chi connectivity index (χ3n) is 5.44. The highest BCUT2D eigenvalue weighted by molar-refractivity contribution is 7.99. The second-order valence-corrected chi connectivity index (χ2v) is 9.22. The summed E-state index contributed by atoms with van der Waals surface area (Å²) >= 11 is 1.29. The molecule has 0 atom stereocenters. The van der Waals surface area contributed by atoms with Crippen molar-refractivity contribution in [3.8, 4) is 28.6 Å². The molecule has 38 heavy (non-hydrogen) atoms. The summed E-state index contributed by atoms with van der Waals surface area (Å²) < 4.78 is 7.79. The Hall–Kier alpha value is -4.76. The average Bonchev–Trinajstić information content (AvgIpc) is 3.38. The molecular formula is C29H24N6O2S. The maximum Gasteiger partial charge on any atom is 0.250 e. The number of nitrogens with zero attached hydrogens (tertiary/aromatic N) is 5. The molecule has 9 heteroatoms. The lowest BCUT2D eigenvalue weighted by Gasteiger charge is -2.10. The van der Waals surface area contributed by atoms with Crippen molar-refractivity contribution in [2.24, 2.45) is 5.10 Å². The van der Waals surface area contributed by atoms with Gasteiger partial charge in [-0.25, -0.2) is 5.43 Å². The third-order valence-corrected chi connectivity index (χ3v) is 6.37. The van der Waals surface area contributed by atoms with Crippen molar-refractivity contribution in [1.82, 2.24) is 25.2 Å². The van der Waals surface area contributed by atoms with Gasteiger partial charge in [0.25, 0.3) is 5.91 Å². The largest absolute Gasteiger partial charge is 0.457 e. The van der Waals surface area contributed by atoms with Crippen LogP contribution in [0.1, 0.15) is 11.1 Å². The molecule has 188 valence electrons. The Bertz CT molecular complexity index is 1540. The first-order valence-electron chi connectivity index (χ1n) is 11.9. The summed E-state index contributed by atoms with van der Waals surface area (Å²) in [5.74, 6) is 1.97. The van der Waals surface area contributed by atoms with E-state index in [1.807, 2.05) is 102 Å². The highest BCUT2D eigenvalue weighted by Crippen LogP contribution is 2.28. The Morgan fingerprint density at radius 3 is 2.50 bits per heavy atom. The van der Waals surface area contributed by atoms with Crippen LogP contribution in [-0.2, 0) is 4.79 Å². The molecule has 0 aliphatic rings. The molecule has 0 bridgehead atoms. The van der Waals surface area contributed by atoms with Gasteiger partial charge in [0.15, 0.2) is 11.0 Å². The number of thioether (sulfide) groups is 1. The van der Waals surface area contributed by atoms with Gasteiger partial charge in [-0.3, -0.25) is 14.3 Å². The molecule has 0 radical (unpaired) electrons. The van der Waals surface area contributed by atoms with Gasteiger partial charge in [-0.05, 0) is 61.0 Å². The molecule has 5 rings (SSSR count). The van der Waals surface area contributed by atoms with E-state index in [-0.39, 0.29) is 11.7 Å². The lowest BCUT2D eigenvalue weighted by molar-refractivity contribution is -0.118. The number of carbonyl (C=O) groups is 1. The number of aryl methyl sites for hydroxylation is 1. The Kier molecular flexibility index (Phi) is 7.86. The van der Waals surface area contributed by atoms with Crippen molar-refractivity contribution in [3.63, 3.8) is 0 Å². The number of carbonyl (C=O) groups excluding carboxylic acids is 1. The van der Waals surface area contributed by atoms with Gasteiger partial charge in [0.1, 0.15) is 11.5 Å². The SMILES string of the molecule is Cc1ccc(-n2c(SCC(=O)N/N=C/c3cccc(Oc4ccccc4)c3)nnc2-c2ccncc2)cc1. The smallest absolute Gasteiger partial charge is 0.250 e. The lowest BCUT2D eigenvalue weighted by atomic mass is 10.2. The summed E-state index contributed by atoms with van der Waals surface area (Å²) in [6.45, 7) is 2.03. The molecule has 0 fully saturated rings. The van der Waals surface area contributed by atoms with Crippen molar-refractivity contribution in [3.05, 3.63) is 115 Å². The third kappa shape index (κ3) is 6.32. The van der Waals surface area contributed by atoms with Crippen molar-refractivity contribution in [2.75, 3.05) is 5.75 Å². The quantitative estimate of drug-likeness (QED) is 0.153. The summed E-state index contributed by atoms with van der Waals surface area (Å²) in [5.41, 5.74) is 6.32. The number of hydrogen-bond donors (Lipinski definition) is 1. The Labute approximate surface area is 224 Å². The lowest BCUT2D eigenvalue weighted by Crippen LogP contribution is -2.20. The van der Waals surface area contributed by atoms with Crippen LogP contribution in [0.2, 0.25) is 0 Å².